The van der Waals surface area contributed by atoms with Gasteiger partial charge in [0.05, 0.1) is 6.07 Å². The predicted octanol–water partition coefficient (Wildman–Crippen LogP) is 9.87. The fraction of sp³-hybridized carbons (Fsp3) is 0.156. The molecule has 0 aromatic heterocycles. The van der Waals surface area contributed by atoms with Gasteiger partial charge in [0, 0.05) is 31.8 Å². The van der Waals surface area contributed by atoms with Gasteiger partial charge in [0.2, 0.25) is 0 Å². The molecule has 186 valence electrons. The third-order valence-corrected chi connectivity index (χ3v) is 9.26. The van der Waals surface area contributed by atoms with Crippen molar-refractivity contribution < 1.29 is 0 Å². The number of nitrogens with zero attached hydrogens (tertiary/aromatic N) is 1. The van der Waals surface area contributed by atoms with Crippen molar-refractivity contribution >= 4 is 58.2 Å². The molecule has 0 saturated heterocycles. The first kappa shape index (κ1) is 27.5. The summed E-state index contributed by atoms with van der Waals surface area (Å²) >= 11 is 7.01. The van der Waals surface area contributed by atoms with Gasteiger partial charge in [-0.2, -0.15) is 5.26 Å². The third kappa shape index (κ3) is 7.09. The molecule has 0 aliphatic rings. The Balaban J connectivity index is 1.94. The zero-order valence-corrected chi connectivity index (χ0v) is 24.5. The molecule has 0 N–H and O–H groups in total. The fourth-order valence-electron chi connectivity index (χ4n) is 4.12. The largest absolute Gasteiger partial charge is 0.198 e. The lowest BCUT2D eigenvalue weighted by atomic mass is 9.86. The smallest absolute Gasteiger partial charge is 0.0630 e. The Kier molecular flexibility index (Phi) is 10.3. The molecule has 4 rings (SSSR count). The molecule has 0 fully saturated rings. The predicted molar refractivity (Wildman–Crippen MR) is 167 cm³/mol. The minimum absolute atomic E-state index is 0.557. The van der Waals surface area contributed by atoms with Crippen LogP contribution >= 0.6 is 47.0 Å². The number of hydrogen-bond acceptors (Lipinski definition) is 5. The second-order valence-electron chi connectivity index (χ2n) is 8.22. The molecule has 1 nitrogen and oxygen atoms in total. The van der Waals surface area contributed by atoms with Crippen LogP contribution in [0.2, 0.25) is 0 Å². The van der Waals surface area contributed by atoms with Crippen molar-refractivity contribution in [2.75, 3.05) is 24.5 Å². The van der Waals surface area contributed by atoms with Crippen LogP contribution in [-0.4, -0.2) is 24.5 Å². The summed E-state index contributed by atoms with van der Waals surface area (Å²) in [4.78, 5) is 4.95. The molecule has 4 aromatic carbocycles. The highest BCUT2D eigenvalue weighted by Crippen LogP contribution is 2.39. The van der Waals surface area contributed by atoms with Gasteiger partial charge in [-0.25, -0.2) is 0 Å². The van der Waals surface area contributed by atoms with Crippen LogP contribution in [0.5, 0.6) is 0 Å². The van der Waals surface area contributed by atoms with Gasteiger partial charge >= 0.3 is 0 Å². The fourth-order valence-corrected chi connectivity index (χ4v) is 6.10. The van der Waals surface area contributed by atoms with E-state index < -0.39 is 0 Å². The van der Waals surface area contributed by atoms with Crippen LogP contribution < -0.4 is 0 Å². The van der Waals surface area contributed by atoms with Crippen LogP contribution in [0, 0.1) is 11.3 Å². The Morgan fingerprint density at radius 1 is 0.514 bits per heavy atom. The molecule has 37 heavy (non-hydrogen) atoms. The van der Waals surface area contributed by atoms with E-state index in [4.69, 9.17) is 5.26 Å². The highest BCUT2D eigenvalue weighted by atomic mass is 32.2. The van der Waals surface area contributed by atoms with E-state index in [1.54, 1.807) is 47.0 Å². The van der Waals surface area contributed by atoms with Gasteiger partial charge in [-0.1, -0.05) is 48.5 Å². The molecule has 0 spiro atoms. The summed E-state index contributed by atoms with van der Waals surface area (Å²) in [6.45, 7) is 0. The molecule has 5 heteroatoms. The quantitative estimate of drug-likeness (QED) is 0.110. The summed E-state index contributed by atoms with van der Waals surface area (Å²) in [7, 11) is 0. The zero-order valence-electron chi connectivity index (χ0n) is 21.2. The summed E-state index contributed by atoms with van der Waals surface area (Å²) in [5, 5.41) is 8.89. The van der Waals surface area contributed by atoms with Gasteiger partial charge < -0.3 is 0 Å². The van der Waals surface area contributed by atoms with Crippen molar-refractivity contribution in [3.63, 3.8) is 0 Å². The maximum atomic E-state index is 8.89. The third-order valence-electron chi connectivity index (χ3n) is 6.01. The van der Waals surface area contributed by atoms with Crippen LogP contribution in [0.25, 0.3) is 11.1 Å². The molecule has 0 heterocycles. The molecule has 0 atom stereocenters. The second kappa shape index (κ2) is 13.9. The number of benzene rings is 4. The molecule has 0 amide bonds. The van der Waals surface area contributed by atoms with Crippen molar-refractivity contribution in [2.24, 2.45) is 0 Å². The number of nitriles is 1. The highest BCUT2D eigenvalue weighted by molar-refractivity contribution is 7.99. The summed E-state index contributed by atoms with van der Waals surface area (Å²) < 4.78 is 0. The summed E-state index contributed by atoms with van der Waals surface area (Å²) in [5.74, 6) is 0.809. The van der Waals surface area contributed by atoms with Crippen molar-refractivity contribution in [2.45, 2.75) is 26.0 Å². The Labute approximate surface area is 238 Å². The van der Waals surface area contributed by atoms with Gasteiger partial charge in [-0.05, 0) is 101 Å². The van der Waals surface area contributed by atoms with Gasteiger partial charge in [0.1, 0.15) is 0 Å². The summed E-state index contributed by atoms with van der Waals surface area (Å²) in [6.07, 6.45) is 6.89. The minimum Gasteiger partial charge on any atom is -0.198 e. The van der Waals surface area contributed by atoms with E-state index in [0.717, 1.165) is 5.75 Å². The van der Waals surface area contributed by atoms with Crippen LogP contribution in [0.3, 0.4) is 0 Å². The SMILES string of the molecule is CSc1ccc(C(=C(c2ccc(SC)cc2)c2ccc(SCCC#N)cc2)c2ccc(SC)cc2)cc1. The summed E-state index contributed by atoms with van der Waals surface area (Å²) in [5.41, 5.74) is 7.22. The molecule has 0 bridgehead atoms. The number of hydrogen-bond donors (Lipinski definition) is 0. The average Bonchev–Trinajstić information content (AvgIpc) is 2.97. The van der Waals surface area contributed by atoms with Gasteiger partial charge in [-0.3, -0.25) is 0 Å². The highest BCUT2D eigenvalue weighted by Gasteiger charge is 2.17. The van der Waals surface area contributed by atoms with Crippen molar-refractivity contribution in [1.29, 1.82) is 5.26 Å². The molecule has 4 aromatic rings. The molecule has 0 radical (unpaired) electrons. The number of rotatable bonds is 10. The normalized spacial score (nSPS) is 10.6. The van der Waals surface area contributed by atoms with E-state index in [1.807, 2.05) is 0 Å². The van der Waals surface area contributed by atoms with Crippen molar-refractivity contribution in [3.05, 3.63) is 119 Å². The van der Waals surface area contributed by atoms with Crippen molar-refractivity contribution in [1.82, 2.24) is 0 Å². The van der Waals surface area contributed by atoms with Crippen LogP contribution in [0.15, 0.2) is 117 Å². The second-order valence-corrected chi connectivity index (χ2v) is 12.0. The van der Waals surface area contributed by atoms with Crippen LogP contribution in [0.4, 0.5) is 0 Å². The minimum atomic E-state index is 0.557. The van der Waals surface area contributed by atoms with Crippen LogP contribution in [-0.2, 0) is 0 Å². The van der Waals surface area contributed by atoms with E-state index in [2.05, 4.69) is 122 Å². The monoisotopic (exact) mass is 555 g/mol. The maximum Gasteiger partial charge on any atom is 0.0630 e. The Morgan fingerprint density at radius 3 is 1.08 bits per heavy atom. The van der Waals surface area contributed by atoms with Crippen LogP contribution in [0.1, 0.15) is 28.7 Å². The van der Waals surface area contributed by atoms with Crippen molar-refractivity contribution in [3.8, 4) is 6.07 Å². The van der Waals surface area contributed by atoms with Gasteiger partial charge in [-0.15, -0.1) is 47.0 Å². The lowest BCUT2D eigenvalue weighted by molar-refractivity contribution is 1.23. The Bertz CT molecular complexity index is 1320. The molecular formula is C32H29NS4. The molecular weight excluding hydrogens is 527 g/mol. The van der Waals surface area contributed by atoms with E-state index in [0.29, 0.717) is 6.42 Å². The average molecular weight is 556 g/mol. The summed E-state index contributed by atoms with van der Waals surface area (Å²) in [6, 6.07) is 37.7. The maximum absolute atomic E-state index is 8.89. The van der Waals surface area contributed by atoms with E-state index in [9.17, 15) is 0 Å². The lowest BCUT2D eigenvalue weighted by Crippen LogP contribution is -1.98. The van der Waals surface area contributed by atoms with E-state index in [1.165, 1.54) is 53.0 Å². The van der Waals surface area contributed by atoms with Gasteiger partial charge in [0.25, 0.3) is 0 Å². The van der Waals surface area contributed by atoms with E-state index >= 15 is 0 Å². The molecule has 0 unspecified atom stereocenters. The topological polar surface area (TPSA) is 23.8 Å². The zero-order chi connectivity index (χ0) is 26.0. The first-order valence-corrected chi connectivity index (χ1v) is 16.6. The van der Waals surface area contributed by atoms with Gasteiger partial charge in [0.15, 0.2) is 0 Å². The molecule has 0 aliphatic carbocycles. The first-order valence-electron chi connectivity index (χ1n) is 11.9. The molecule has 0 saturated carbocycles. The first-order chi connectivity index (χ1) is 18.2. The Hall–Kier alpha value is -2.49. The lowest BCUT2D eigenvalue weighted by Gasteiger charge is -2.19. The molecule has 0 aliphatic heterocycles. The Morgan fingerprint density at radius 2 is 0.811 bits per heavy atom. The number of thioether (sulfide) groups is 4. The standard InChI is InChI=1S/C32H29NS4/c1-34-27-13-5-23(6-14-27)31(24-7-15-28(35-2)16-8-24)32(25-9-17-29(36-3)18-10-25)26-11-19-30(20-12-26)37-22-4-21-33/h5-20H,4,22H2,1-3H3. The van der Waals surface area contributed by atoms with E-state index in [-0.39, 0.29) is 0 Å².